The first-order valence-electron chi connectivity index (χ1n) is 10.1. The van der Waals surface area contributed by atoms with E-state index >= 15 is 0 Å². The molecule has 10 heteroatoms. The molecule has 31 heavy (non-hydrogen) atoms. The number of likely N-dealkylation sites (N-methyl/N-ethyl adjacent to an activating group) is 1. The molecule has 4 heterocycles. The van der Waals surface area contributed by atoms with Gasteiger partial charge in [0.25, 0.3) is 11.8 Å². The monoisotopic (exact) mass is 459 g/mol. The van der Waals surface area contributed by atoms with Crippen molar-refractivity contribution in [2.45, 2.75) is 25.0 Å². The number of nitrogens with zero attached hydrogens (tertiary/aromatic N) is 2. The van der Waals surface area contributed by atoms with Gasteiger partial charge in [-0.05, 0) is 31.3 Å². The minimum atomic E-state index is -0.327. The van der Waals surface area contributed by atoms with Gasteiger partial charge in [-0.25, -0.2) is 4.98 Å². The fourth-order valence-corrected chi connectivity index (χ4v) is 5.23. The zero-order chi connectivity index (χ0) is 21.5. The predicted molar refractivity (Wildman–Crippen MR) is 119 cm³/mol. The SMILES string of the molecule is CN1CCc2nc(C(=O)NC3COCC3NC(=O)c3cc4cc(Cl)ccc4[nH]3)sc2C1. The number of hydrogen-bond donors (Lipinski definition) is 3. The third kappa shape index (κ3) is 4.18. The average molecular weight is 460 g/mol. The summed E-state index contributed by atoms with van der Waals surface area (Å²) >= 11 is 7.46. The Hall–Kier alpha value is -2.46. The molecule has 2 unspecified atom stereocenters. The van der Waals surface area contributed by atoms with Gasteiger partial charge in [-0.3, -0.25) is 9.59 Å². The van der Waals surface area contributed by atoms with Crippen molar-refractivity contribution in [1.29, 1.82) is 0 Å². The van der Waals surface area contributed by atoms with Gasteiger partial charge in [0, 0.05) is 40.3 Å². The fourth-order valence-electron chi connectivity index (χ4n) is 3.96. The number of aromatic amines is 1. The number of fused-ring (bicyclic) bond motifs is 2. The summed E-state index contributed by atoms with van der Waals surface area (Å²) in [7, 11) is 2.06. The quantitative estimate of drug-likeness (QED) is 0.555. The number of amides is 2. The molecule has 2 aliphatic rings. The van der Waals surface area contributed by atoms with Gasteiger partial charge in [0.15, 0.2) is 5.01 Å². The Morgan fingerprint density at radius 1 is 1.23 bits per heavy atom. The highest BCUT2D eigenvalue weighted by atomic mass is 35.5. The summed E-state index contributed by atoms with van der Waals surface area (Å²) in [5.74, 6) is -0.480. The number of benzene rings is 1. The van der Waals surface area contributed by atoms with Crippen LogP contribution < -0.4 is 10.6 Å². The van der Waals surface area contributed by atoms with E-state index in [4.69, 9.17) is 16.3 Å². The maximum Gasteiger partial charge on any atom is 0.280 e. The Kier molecular flexibility index (Phi) is 5.43. The maximum absolute atomic E-state index is 12.8. The van der Waals surface area contributed by atoms with E-state index in [9.17, 15) is 9.59 Å². The summed E-state index contributed by atoms with van der Waals surface area (Å²) in [6, 6.07) is 6.52. The second-order valence-electron chi connectivity index (χ2n) is 7.99. The van der Waals surface area contributed by atoms with Crippen molar-refractivity contribution in [3.8, 4) is 0 Å². The lowest BCUT2D eigenvalue weighted by atomic mass is 10.1. The topological polar surface area (TPSA) is 99.3 Å². The molecular formula is C21H22ClN5O3S. The number of hydrogen-bond acceptors (Lipinski definition) is 6. The molecule has 0 saturated carbocycles. The highest BCUT2D eigenvalue weighted by Crippen LogP contribution is 2.25. The highest BCUT2D eigenvalue weighted by Gasteiger charge is 2.32. The van der Waals surface area contributed by atoms with Gasteiger partial charge in [-0.1, -0.05) is 11.6 Å². The lowest BCUT2D eigenvalue weighted by Gasteiger charge is -2.20. The van der Waals surface area contributed by atoms with Gasteiger partial charge in [0.1, 0.15) is 5.69 Å². The van der Waals surface area contributed by atoms with Crippen molar-refractivity contribution in [2.24, 2.45) is 0 Å². The number of carbonyl (C=O) groups is 2. The second kappa shape index (κ2) is 8.23. The molecule has 3 N–H and O–H groups in total. The number of nitrogens with one attached hydrogen (secondary N) is 3. The number of aromatic nitrogens is 2. The first kappa shape index (κ1) is 20.4. The molecule has 2 atom stereocenters. The Labute approximate surface area is 187 Å². The van der Waals surface area contributed by atoms with E-state index in [2.05, 4.69) is 32.5 Å². The van der Waals surface area contributed by atoms with Crippen LogP contribution in [0.4, 0.5) is 0 Å². The maximum atomic E-state index is 12.8. The van der Waals surface area contributed by atoms with Gasteiger partial charge in [0.2, 0.25) is 0 Å². The van der Waals surface area contributed by atoms with Gasteiger partial charge < -0.3 is 25.3 Å². The molecule has 1 aromatic carbocycles. The molecule has 2 aromatic heterocycles. The molecule has 162 valence electrons. The zero-order valence-corrected chi connectivity index (χ0v) is 18.5. The standard InChI is InChI=1S/C21H22ClN5O3S/c1-27-5-4-14-18(8-27)31-21(26-14)20(29)25-17-10-30-9-16(17)24-19(28)15-7-11-6-12(22)2-3-13(11)23-15/h2-3,6-7,16-17,23H,4-5,8-10H2,1H3,(H,24,28)(H,25,29). The van der Waals surface area contributed by atoms with Crippen LogP contribution in [0.1, 0.15) is 30.9 Å². The number of rotatable bonds is 4. The molecule has 3 aromatic rings. The van der Waals surface area contributed by atoms with Crippen molar-refractivity contribution in [3.63, 3.8) is 0 Å². The van der Waals surface area contributed by atoms with E-state index in [-0.39, 0.29) is 23.9 Å². The molecule has 0 spiro atoms. The number of ether oxygens (including phenoxy) is 1. The number of H-pyrrole nitrogens is 1. The molecule has 2 amide bonds. The molecule has 8 nitrogen and oxygen atoms in total. The van der Waals surface area contributed by atoms with Crippen molar-refractivity contribution in [1.82, 2.24) is 25.5 Å². The normalized spacial score (nSPS) is 21.2. The second-order valence-corrected chi connectivity index (χ2v) is 9.51. The first-order chi connectivity index (χ1) is 15.0. The molecule has 1 fully saturated rings. The fraction of sp³-hybridized carbons (Fsp3) is 0.381. The number of thiazole rings is 1. The van der Waals surface area contributed by atoms with E-state index < -0.39 is 0 Å². The molecule has 2 aliphatic heterocycles. The van der Waals surface area contributed by atoms with Crippen molar-refractivity contribution in [3.05, 3.63) is 50.6 Å². The Balaban J connectivity index is 1.25. The summed E-state index contributed by atoms with van der Waals surface area (Å²) in [4.78, 5) is 36.5. The highest BCUT2D eigenvalue weighted by molar-refractivity contribution is 7.13. The van der Waals surface area contributed by atoms with E-state index in [1.165, 1.54) is 11.3 Å². The van der Waals surface area contributed by atoms with Crippen LogP contribution in [0.15, 0.2) is 24.3 Å². The Morgan fingerprint density at radius 3 is 2.81 bits per heavy atom. The van der Waals surface area contributed by atoms with Gasteiger partial charge in [-0.2, -0.15) is 0 Å². The predicted octanol–water partition coefficient (Wildman–Crippen LogP) is 2.19. The van der Waals surface area contributed by atoms with Gasteiger partial charge in [-0.15, -0.1) is 11.3 Å². The molecule has 0 aliphatic carbocycles. The minimum Gasteiger partial charge on any atom is -0.377 e. The average Bonchev–Trinajstić information content (AvgIpc) is 3.45. The van der Waals surface area contributed by atoms with Crippen molar-refractivity contribution in [2.75, 3.05) is 26.8 Å². The van der Waals surface area contributed by atoms with Crippen LogP contribution in [0.5, 0.6) is 0 Å². The lowest BCUT2D eigenvalue weighted by Crippen LogP contribution is -2.51. The van der Waals surface area contributed by atoms with Gasteiger partial charge in [0.05, 0.1) is 31.0 Å². The van der Waals surface area contributed by atoms with Crippen molar-refractivity contribution >= 4 is 45.7 Å². The van der Waals surface area contributed by atoms with Crippen LogP contribution in [0, 0.1) is 0 Å². The summed E-state index contributed by atoms with van der Waals surface area (Å²) in [5, 5.41) is 7.89. The van der Waals surface area contributed by atoms with E-state index in [0.29, 0.717) is 28.9 Å². The summed E-state index contributed by atoms with van der Waals surface area (Å²) < 4.78 is 5.53. The van der Waals surface area contributed by atoms with Crippen LogP contribution in [-0.2, 0) is 17.7 Å². The number of carbonyl (C=O) groups excluding carboxylic acids is 2. The zero-order valence-electron chi connectivity index (χ0n) is 16.9. The Bertz CT molecular complexity index is 1160. The van der Waals surface area contributed by atoms with E-state index in [1.807, 2.05) is 6.07 Å². The third-order valence-electron chi connectivity index (χ3n) is 5.66. The summed E-state index contributed by atoms with van der Waals surface area (Å²) in [6.45, 7) is 2.44. The number of halogens is 1. The van der Waals surface area contributed by atoms with E-state index in [0.717, 1.165) is 41.0 Å². The smallest absolute Gasteiger partial charge is 0.280 e. The third-order valence-corrected chi connectivity index (χ3v) is 6.97. The van der Waals surface area contributed by atoms with Crippen LogP contribution in [0.2, 0.25) is 5.02 Å². The van der Waals surface area contributed by atoms with Gasteiger partial charge >= 0.3 is 0 Å². The van der Waals surface area contributed by atoms with Crippen LogP contribution >= 0.6 is 22.9 Å². The summed E-state index contributed by atoms with van der Waals surface area (Å²) in [5.41, 5.74) is 2.28. The largest absolute Gasteiger partial charge is 0.377 e. The van der Waals surface area contributed by atoms with Crippen LogP contribution in [0.25, 0.3) is 10.9 Å². The van der Waals surface area contributed by atoms with Crippen LogP contribution in [0.3, 0.4) is 0 Å². The lowest BCUT2D eigenvalue weighted by molar-refractivity contribution is 0.0894. The summed E-state index contributed by atoms with van der Waals surface area (Å²) in [6.07, 6.45) is 0.858. The Morgan fingerprint density at radius 2 is 2.00 bits per heavy atom. The molecule has 0 bridgehead atoms. The molecule has 1 saturated heterocycles. The van der Waals surface area contributed by atoms with E-state index in [1.54, 1.807) is 18.2 Å². The van der Waals surface area contributed by atoms with Crippen molar-refractivity contribution < 1.29 is 14.3 Å². The first-order valence-corrected chi connectivity index (χ1v) is 11.3. The molecular weight excluding hydrogens is 438 g/mol. The molecule has 0 radical (unpaired) electrons. The van der Waals surface area contributed by atoms with Crippen LogP contribution in [-0.4, -0.2) is 65.6 Å². The minimum absolute atomic E-state index is 0.225. The molecule has 5 rings (SSSR count).